The molecule has 25 heavy (non-hydrogen) atoms. The van der Waals surface area contributed by atoms with Gasteiger partial charge in [-0.1, -0.05) is 59.7 Å². The summed E-state index contributed by atoms with van der Waals surface area (Å²) < 4.78 is 33.3. The number of hydrogen-bond donors (Lipinski definition) is 0. The zero-order valence-electron chi connectivity index (χ0n) is 15.0. The van der Waals surface area contributed by atoms with Crippen LogP contribution in [0.1, 0.15) is 35.3 Å². The van der Waals surface area contributed by atoms with Gasteiger partial charge in [0.05, 0.1) is 18.0 Å². The molecule has 0 radical (unpaired) electrons. The third-order valence-corrected chi connectivity index (χ3v) is 6.32. The lowest BCUT2D eigenvalue weighted by Crippen LogP contribution is -2.46. The minimum atomic E-state index is -3.38. The fourth-order valence-electron chi connectivity index (χ4n) is 3.09. The van der Waals surface area contributed by atoms with Crippen molar-refractivity contribution < 1.29 is 13.2 Å². The average molecular weight is 359 g/mol. The standard InChI is InChI=1S/C20H25NO3S/c1-15-4-8-18(9-5-15)14-25(22,23)21-12-17(3)24-20(13-21)19-10-6-16(2)7-11-19/h4-11,17,20H,12-14H2,1-3H3. The largest absolute Gasteiger partial charge is 0.368 e. The van der Waals surface area contributed by atoms with E-state index >= 15 is 0 Å². The molecule has 0 saturated carbocycles. The van der Waals surface area contributed by atoms with Gasteiger partial charge in [0.2, 0.25) is 10.0 Å². The van der Waals surface area contributed by atoms with Gasteiger partial charge in [-0.15, -0.1) is 0 Å². The maximum Gasteiger partial charge on any atom is 0.218 e. The summed E-state index contributed by atoms with van der Waals surface area (Å²) in [6.45, 7) is 6.72. The lowest BCUT2D eigenvalue weighted by Gasteiger charge is -2.36. The van der Waals surface area contributed by atoms with E-state index in [1.807, 2.05) is 69.3 Å². The molecule has 0 aliphatic carbocycles. The van der Waals surface area contributed by atoms with Crippen molar-refractivity contribution >= 4 is 10.0 Å². The molecule has 2 atom stereocenters. The van der Waals surface area contributed by atoms with Gasteiger partial charge >= 0.3 is 0 Å². The number of rotatable bonds is 4. The summed E-state index contributed by atoms with van der Waals surface area (Å²) in [5.74, 6) is 0.0284. The Morgan fingerprint density at radius 2 is 1.52 bits per heavy atom. The summed E-state index contributed by atoms with van der Waals surface area (Å²) in [7, 11) is -3.38. The molecule has 4 nitrogen and oxygen atoms in total. The molecule has 134 valence electrons. The van der Waals surface area contributed by atoms with Gasteiger partial charge in [-0.3, -0.25) is 0 Å². The maximum absolute atomic E-state index is 12.9. The smallest absolute Gasteiger partial charge is 0.218 e. The van der Waals surface area contributed by atoms with Crippen LogP contribution in [-0.2, 0) is 20.5 Å². The quantitative estimate of drug-likeness (QED) is 0.838. The highest BCUT2D eigenvalue weighted by Gasteiger charge is 2.33. The van der Waals surface area contributed by atoms with Gasteiger partial charge < -0.3 is 4.74 Å². The monoisotopic (exact) mass is 359 g/mol. The molecule has 5 heteroatoms. The average Bonchev–Trinajstić information content (AvgIpc) is 2.57. The fourth-order valence-corrected chi connectivity index (χ4v) is 4.69. The van der Waals surface area contributed by atoms with E-state index in [9.17, 15) is 8.42 Å². The first-order valence-electron chi connectivity index (χ1n) is 8.59. The Kier molecular flexibility index (Phi) is 5.27. The van der Waals surface area contributed by atoms with Crippen molar-refractivity contribution in [1.29, 1.82) is 0 Å². The highest BCUT2D eigenvalue weighted by molar-refractivity contribution is 7.88. The molecule has 1 aliphatic heterocycles. The number of hydrogen-bond acceptors (Lipinski definition) is 3. The Hall–Kier alpha value is -1.69. The summed E-state index contributed by atoms with van der Waals surface area (Å²) in [6, 6.07) is 15.8. The Balaban J connectivity index is 1.78. The van der Waals surface area contributed by atoms with E-state index in [-0.39, 0.29) is 18.0 Å². The molecule has 0 spiro atoms. The van der Waals surface area contributed by atoms with Gasteiger partial charge in [0.15, 0.2) is 0 Å². The minimum Gasteiger partial charge on any atom is -0.368 e. The molecule has 3 rings (SSSR count). The second-order valence-corrected chi connectivity index (χ2v) is 8.87. The van der Waals surface area contributed by atoms with Crippen LogP contribution in [0.25, 0.3) is 0 Å². The number of sulfonamides is 1. The van der Waals surface area contributed by atoms with E-state index in [0.717, 1.165) is 16.7 Å². The van der Waals surface area contributed by atoms with Crippen molar-refractivity contribution in [3.8, 4) is 0 Å². The molecule has 0 aromatic heterocycles. The first-order chi connectivity index (χ1) is 11.8. The van der Waals surface area contributed by atoms with Crippen LogP contribution >= 0.6 is 0 Å². The van der Waals surface area contributed by atoms with Crippen molar-refractivity contribution in [2.75, 3.05) is 13.1 Å². The van der Waals surface area contributed by atoms with Gasteiger partial charge in [0.1, 0.15) is 0 Å². The molecule has 0 amide bonds. The van der Waals surface area contributed by atoms with E-state index in [1.54, 1.807) is 4.31 Å². The van der Waals surface area contributed by atoms with Gasteiger partial charge in [-0.25, -0.2) is 8.42 Å². The van der Waals surface area contributed by atoms with Crippen LogP contribution in [0.4, 0.5) is 0 Å². The topological polar surface area (TPSA) is 46.6 Å². The SMILES string of the molecule is Cc1ccc(CS(=O)(=O)N2CC(C)OC(c3ccc(C)cc3)C2)cc1. The van der Waals surface area contributed by atoms with Crippen LogP contribution in [0, 0.1) is 13.8 Å². The summed E-state index contributed by atoms with van der Waals surface area (Å²) in [5, 5.41) is 0. The molecule has 1 aliphatic rings. The predicted molar refractivity (Wildman–Crippen MR) is 99.8 cm³/mol. The van der Waals surface area contributed by atoms with Crippen LogP contribution in [0.15, 0.2) is 48.5 Å². The second kappa shape index (κ2) is 7.28. The van der Waals surface area contributed by atoms with E-state index in [0.29, 0.717) is 13.1 Å². The van der Waals surface area contributed by atoms with Crippen molar-refractivity contribution in [1.82, 2.24) is 4.31 Å². The molecule has 0 bridgehead atoms. The molecule has 2 aromatic carbocycles. The number of benzene rings is 2. The summed E-state index contributed by atoms with van der Waals surface area (Å²) in [6.07, 6.45) is -0.356. The highest BCUT2D eigenvalue weighted by Crippen LogP contribution is 2.28. The Labute approximate surface area is 150 Å². The third kappa shape index (κ3) is 4.48. The molecule has 2 unspecified atom stereocenters. The van der Waals surface area contributed by atoms with E-state index in [2.05, 4.69) is 0 Å². The van der Waals surface area contributed by atoms with Crippen LogP contribution < -0.4 is 0 Å². The first-order valence-corrected chi connectivity index (χ1v) is 10.2. The van der Waals surface area contributed by atoms with Crippen LogP contribution in [0.5, 0.6) is 0 Å². The molecule has 0 N–H and O–H groups in total. The van der Waals surface area contributed by atoms with Crippen molar-refractivity contribution in [2.24, 2.45) is 0 Å². The van der Waals surface area contributed by atoms with Crippen LogP contribution in [-0.4, -0.2) is 31.9 Å². The number of morpholine rings is 1. The van der Waals surface area contributed by atoms with E-state index in [4.69, 9.17) is 4.74 Å². The normalized spacial score (nSPS) is 22.0. The molecule has 2 aromatic rings. The predicted octanol–water partition coefficient (Wildman–Crippen LogP) is 3.60. The number of nitrogens with zero attached hydrogens (tertiary/aromatic N) is 1. The van der Waals surface area contributed by atoms with Crippen molar-refractivity contribution in [3.63, 3.8) is 0 Å². The summed E-state index contributed by atoms with van der Waals surface area (Å²) >= 11 is 0. The number of ether oxygens (including phenoxy) is 1. The minimum absolute atomic E-state index is 0.0284. The molecular formula is C20H25NO3S. The summed E-state index contributed by atoms with van der Waals surface area (Å²) in [4.78, 5) is 0. The third-order valence-electron chi connectivity index (χ3n) is 4.54. The maximum atomic E-state index is 12.9. The summed E-state index contributed by atoms with van der Waals surface area (Å²) in [5.41, 5.74) is 4.14. The van der Waals surface area contributed by atoms with Crippen LogP contribution in [0.3, 0.4) is 0 Å². The number of aryl methyl sites for hydroxylation is 2. The fraction of sp³-hybridized carbons (Fsp3) is 0.400. The lowest BCUT2D eigenvalue weighted by molar-refractivity contribution is -0.0557. The second-order valence-electron chi connectivity index (χ2n) is 6.90. The van der Waals surface area contributed by atoms with Gasteiger partial charge in [0, 0.05) is 13.1 Å². The van der Waals surface area contributed by atoms with Gasteiger partial charge in [0.25, 0.3) is 0 Å². The highest BCUT2D eigenvalue weighted by atomic mass is 32.2. The van der Waals surface area contributed by atoms with Crippen LogP contribution in [0.2, 0.25) is 0 Å². The van der Waals surface area contributed by atoms with Crippen molar-refractivity contribution in [2.45, 2.75) is 38.7 Å². The van der Waals surface area contributed by atoms with E-state index < -0.39 is 10.0 Å². The Morgan fingerprint density at radius 1 is 0.960 bits per heavy atom. The zero-order valence-corrected chi connectivity index (χ0v) is 15.8. The Morgan fingerprint density at radius 3 is 2.12 bits per heavy atom. The van der Waals surface area contributed by atoms with Crippen molar-refractivity contribution in [3.05, 3.63) is 70.8 Å². The zero-order chi connectivity index (χ0) is 18.0. The molecule has 1 fully saturated rings. The van der Waals surface area contributed by atoms with Gasteiger partial charge in [-0.2, -0.15) is 4.31 Å². The van der Waals surface area contributed by atoms with Gasteiger partial charge in [-0.05, 0) is 31.9 Å². The first kappa shape index (κ1) is 18.1. The Bertz CT molecular complexity index is 813. The molecule has 1 heterocycles. The van der Waals surface area contributed by atoms with E-state index in [1.165, 1.54) is 5.56 Å². The molecule has 1 saturated heterocycles. The lowest BCUT2D eigenvalue weighted by atomic mass is 10.1. The molecular weight excluding hydrogens is 334 g/mol.